The molecule has 0 aliphatic carbocycles. The van der Waals surface area contributed by atoms with Crippen LogP contribution in [0.5, 0.6) is 0 Å². The SMILES string of the molecule is Cc1cc(C)c(/C=N/NC(=O)c2csc3ccccc23)c(C)c1. The number of carbonyl (C=O) groups excluding carboxylic acids is 1. The molecule has 1 heterocycles. The van der Waals surface area contributed by atoms with Crippen LogP contribution in [0.3, 0.4) is 0 Å². The summed E-state index contributed by atoms with van der Waals surface area (Å²) in [6.07, 6.45) is 1.72. The normalized spacial score (nSPS) is 11.3. The Bertz CT molecular complexity index is 886. The molecule has 0 unspecified atom stereocenters. The lowest BCUT2D eigenvalue weighted by atomic mass is 10.0. The summed E-state index contributed by atoms with van der Waals surface area (Å²) in [5, 5.41) is 6.97. The molecule has 3 rings (SSSR count). The van der Waals surface area contributed by atoms with Gasteiger partial charge in [-0.1, -0.05) is 35.9 Å². The van der Waals surface area contributed by atoms with Gasteiger partial charge in [0.05, 0.1) is 11.8 Å². The number of thiophene rings is 1. The summed E-state index contributed by atoms with van der Waals surface area (Å²) < 4.78 is 1.10. The first-order chi connectivity index (χ1) is 11.1. The second kappa shape index (κ2) is 6.34. The summed E-state index contributed by atoms with van der Waals surface area (Å²) in [6, 6.07) is 12.1. The van der Waals surface area contributed by atoms with E-state index < -0.39 is 0 Å². The van der Waals surface area contributed by atoms with Crippen molar-refractivity contribution in [3.63, 3.8) is 0 Å². The molecule has 2 aromatic carbocycles. The summed E-state index contributed by atoms with van der Waals surface area (Å²) in [4.78, 5) is 12.3. The molecular formula is C19H18N2OS. The van der Waals surface area contributed by atoms with Gasteiger partial charge in [-0.25, -0.2) is 5.43 Å². The van der Waals surface area contributed by atoms with Crippen molar-refractivity contribution in [2.24, 2.45) is 5.10 Å². The van der Waals surface area contributed by atoms with Gasteiger partial charge in [0.2, 0.25) is 0 Å². The van der Waals surface area contributed by atoms with E-state index in [4.69, 9.17) is 0 Å². The molecule has 0 spiro atoms. The standard InChI is InChI=1S/C19H18N2OS/c1-12-8-13(2)16(14(3)9-12)10-20-21-19(22)17-11-23-18-7-5-4-6-15(17)18/h4-11H,1-3H3,(H,21,22)/b20-10+. The predicted molar refractivity (Wildman–Crippen MR) is 97.5 cm³/mol. The third-order valence-electron chi connectivity index (χ3n) is 3.82. The summed E-state index contributed by atoms with van der Waals surface area (Å²) >= 11 is 1.57. The Kier molecular flexibility index (Phi) is 4.26. The van der Waals surface area contributed by atoms with Crippen LogP contribution in [-0.2, 0) is 0 Å². The number of benzene rings is 2. The first-order valence-electron chi connectivity index (χ1n) is 7.44. The Morgan fingerprint density at radius 2 is 1.83 bits per heavy atom. The van der Waals surface area contributed by atoms with Crippen LogP contribution in [-0.4, -0.2) is 12.1 Å². The van der Waals surface area contributed by atoms with E-state index in [1.54, 1.807) is 17.6 Å². The second-order valence-electron chi connectivity index (χ2n) is 5.66. The monoisotopic (exact) mass is 322 g/mol. The van der Waals surface area contributed by atoms with Gasteiger partial charge < -0.3 is 0 Å². The van der Waals surface area contributed by atoms with Gasteiger partial charge in [0.1, 0.15) is 0 Å². The van der Waals surface area contributed by atoms with E-state index in [0.29, 0.717) is 5.56 Å². The van der Waals surface area contributed by atoms with E-state index in [1.165, 1.54) is 5.56 Å². The van der Waals surface area contributed by atoms with Crippen LogP contribution in [0.25, 0.3) is 10.1 Å². The fourth-order valence-electron chi connectivity index (χ4n) is 2.76. The van der Waals surface area contributed by atoms with Gasteiger partial charge in [0.15, 0.2) is 0 Å². The Morgan fingerprint density at radius 3 is 2.57 bits per heavy atom. The number of hydrazone groups is 1. The fraction of sp³-hybridized carbons (Fsp3) is 0.158. The maximum Gasteiger partial charge on any atom is 0.272 e. The molecule has 1 N–H and O–H groups in total. The van der Waals surface area contributed by atoms with Crippen molar-refractivity contribution in [2.75, 3.05) is 0 Å². The fourth-order valence-corrected chi connectivity index (χ4v) is 3.71. The third-order valence-corrected chi connectivity index (χ3v) is 4.79. The van der Waals surface area contributed by atoms with Gasteiger partial charge >= 0.3 is 0 Å². The molecule has 4 heteroatoms. The van der Waals surface area contributed by atoms with Crippen molar-refractivity contribution >= 4 is 33.5 Å². The van der Waals surface area contributed by atoms with E-state index >= 15 is 0 Å². The number of hydrogen-bond donors (Lipinski definition) is 1. The van der Waals surface area contributed by atoms with Gasteiger partial charge in [0.25, 0.3) is 5.91 Å². The van der Waals surface area contributed by atoms with Crippen molar-refractivity contribution in [1.82, 2.24) is 5.43 Å². The maximum atomic E-state index is 12.3. The first-order valence-corrected chi connectivity index (χ1v) is 8.31. The van der Waals surface area contributed by atoms with Crippen LogP contribution >= 0.6 is 11.3 Å². The number of carbonyl (C=O) groups is 1. The highest BCUT2D eigenvalue weighted by Gasteiger charge is 2.11. The molecule has 0 saturated heterocycles. The highest BCUT2D eigenvalue weighted by molar-refractivity contribution is 7.17. The number of nitrogens with one attached hydrogen (secondary N) is 1. The number of rotatable bonds is 3. The topological polar surface area (TPSA) is 41.5 Å². The van der Waals surface area contributed by atoms with Crippen LogP contribution in [0.4, 0.5) is 0 Å². The summed E-state index contributed by atoms with van der Waals surface area (Å²) in [7, 11) is 0. The lowest BCUT2D eigenvalue weighted by molar-refractivity contribution is 0.0957. The van der Waals surface area contributed by atoms with Gasteiger partial charge in [-0.05, 0) is 38.0 Å². The van der Waals surface area contributed by atoms with E-state index in [9.17, 15) is 4.79 Å². The lowest BCUT2D eigenvalue weighted by Gasteiger charge is -2.06. The smallest absolute Gasteiger partial charge is 0.267 e. The molecule has 0 atom stereocenters. The Hall–Kier alpha value is -2.46. The van der Waals surface area contributed by atoms with Gasteiger partial charge in [-0.3, -0.25) is 4.79 Å². The van der Waals surface area contributed by atoms with E-state index in [0.717, 1.165) is 26.8 Å². The molecule has 0 fully saturated rings. The van der Waals surface area contributed by atoms with Crippen molar-refractivity contribution in [1.29, 1.82) is 0 Å². The summed E-state index contributed by atoms with van der Waals surface area (Å²) in [5.74, 6) is -0.180. The molecule has 116 valence electrons. The molecule has 0 saturated carbocycles. The van der Waals surface area contributed by atoms with E-state index in [-0.39, 0.29) is 5.91 Å². The molecule has 1 amide bonds. The zero-order chi connectivity index (χ0) is 16.4. The summed E-state index contributed by atoms with van der Waals surface area (Å²) in [5.41, 5.74) is 7.88. The molecule has 0 aliphatic rings. The first kappa shape index (κ1) is 15.4. The third kappa shape index (κ3) is 3.17. The molecular weight excluding hydrogens is 304 g/mol. The van der Waals surface area contributed by atoms with Crippen molar-refractivity contribution < 1.29 is 4.79 Å². The number of nitrogens with zero attached hydrogens (tertiary/aromatic N) is 1. The Morgan fingerprint density at radius 1 is 1.13 bits per heavy atom. The van der Waals surface area contributed by atoms with Crippen LogP contribution in [0.1, 0.15) is 32.6 Å². The highest BCUT2D eigenvalue weighted by Crippen LogP contribution is 2.25. The van der Waals surface area contributed by atoms with Gasteiger partial charge in [0, 0.05) is 21.0 Å². The van der Waals surface area contributed by atoms with Crippen LogP contribution in [0.2, 0.25) is 0 Å². The Balaban J connectivity index is 1.79. The van der Waals surface area contributed by atoms with Crippen LogP contribution < -0.4 is 5.43 Å². The van der Waals surface area contributed by atoms with Crippen molar-refractivity contribution in [3.8, 4) is 0 Å². The van der Waals surface area contributed by atoms with Gasteiger partial charge in [-0.15, -0.1) is 11.3 Å². The quantitative estimate of drug-likeness (QED) is 0.556. The molecule has 23 heavy (non-hydrogen) atoms. The second-order valence-corrected chi connectivity index (χ2v) is 6.57. The summed E-state index contributed by atoms with van der Waals surface area (Å²) in [6.45, 7) is 6.18. The van der Waals surface area contributed by atoms with E-state index in [2.05, 4.69) is 43.4 Å². The number of amides is 1. The largest absolute Gasteiger partial charge is 0.272 e. The molecule has 0 bridgehead atoms. The predicted octanol–water partition coefficient (Wildman–Crippen LogP) is 4.59. The lowest BCUT2D eigenvalue weighted by Crippen LogP contribution is -2.17. The maximum absolute atomic E-state index is 12.3. The van der Waals surface area contributed by atoms with Crippen LogP contribution in [0, 0.1) is 20.8 Å². The van der Waals surface area contributed by atoms with Crippen molar-refractivity contribution in [2.45, 2.75) is 20.8 Å². The average Bonchev–Trinajstić information content (AvgIpc) is 2.93. The van der Waals surface area contributed by atoms with Gasteiger partial charge in [-0.2, -0.15) is 5.10 Å². The van der Waals surface area contributed by atoms with E-state index in [1.807, 2.05) is 29.6 Å². The number of aryl methyl sites for hydroxylation is 3. The highest BCUT2D eigenvalue weighted by atomic mass is 32.1. The number of hydrogen-bond acceptors (Lipinski definition) is 3. The number of fused-ring (bicyclic) bond motifs is 1. The molecule has 0 aliphatic heterocycles. The zero-order valence-electron chi connectivity index (χ0n) is 13.4. The minimum atomic E-state index is -0.180. The van der Waals surface area contributed by atoms with Crippen molar-refractivity contribution in [3.05, 3.63) is 69.6 Å². The zero-order valence-corrected chi connectivity index (χ0v) is 14.2. The van der Waals surface area contributed by atoms with Crippen LogP contribution in [0.15, 0.2) is 46.9 Å². The molecule has 3 aromatic rings. The molecule has 1 aromatic heterocycles. The molecule has 0 radical (unpaired) electrons. The average molecular weight is 322 g/mol. The Labute approximate surface area is 139 Å². The minimum Gasteiger partial charge on any atom is -0.267 e. The minimum absolute atomic E-state index is 0.180. The molecule has 3 nitrogen and oxygen atoms in total.